The van der Waals surface area contributed by atoms with Gasteiger partial charge < -0.3 is 10.8 Å². The van der Waals surface area contributed by atoms with Gasteiger partial charge in [0.25, 0.3) is 0 Å². The molecule has 0 aliphatic heterocycles. The maximum atomic E-state index is 9.38. The Morgan fingerprint density at radius 1 is 1.47 bits per heavy atom. The Hall–Kier alpha value is -1.53. The smallest absolute Gasteiger partial charge is 0.163 e. The molecule has 0 saturated carbocycles. The van der Waals surface area contributed by atoms with Crippen molar-refractivity contribution in [1.82, 2.24) is 19.6 Å². The first-order chi connectivity index (χ1) is 7.09. The van der Waals surface area contributed by atoms with Crippen molar-refractivity contribution in [3.05, 3.63) is 23.9 Å². The summed E-state index contributed by atoms with van der Waals surface area (Å²) in [5.74, 6) is 0.521. The molecule has 2 heterocycles. The number of aryl methyl sites for hydroxylation is 1. The van der Waals surface area contributed by atoms with E-state index in [0.29, 0.717) is 11.5 Å². The molecular weight excluding hydrogens is 194 g/mol. The lowest BCUT2D eigenvalue weighted by Crippen LogP contribution is -2.25. The van der Waals surface area contributed by atoms with Crippen molar-refractivity contribution < 1.29 is 5.11 Å². The molecule has 0 spiro atoms. The molecule has 0 bridgehead atoms. The van der Waals surface area contributed by atoms with Crippen LogP contribution in [0.5, 0.6) is 0 Å². The van der Waals surface area contributed by atoms with Crippen LogP contribution in [-0.2, 0) is 0 Å². The highest BCUT2D eigenvalue weighted by molar-refractivity contribution is 5.38. The second kappa shape index (κ2) is 3.56. The van der Waals surface area contributed by atoms with Crippen molar-refractivity contribution in [3.8, 4) is 0 Å². The zero-order chi connectivity index (χ0) is 11.0. The second-order valence-electron chi connectivity index (χ2n) is 3.58. The van der Waals surface area contributed by atoms with E-state index in [9.17, 15) is 5.11 Å². The van der Waals surface area contributed by atoms with Gasteiger partial charge >= 0.3 is 0 Å². The summed E-state index contributed by atoms with van der Waals surface area (Å²) in [4.78, 5) is 4.13. The minimum absolute atomic E-state index is 0.521. The van der Waals surface area contributed by atoms with Gasteiger partial charge in [0.2, 0.25) is 0 Å². The van der Waals surface area contributed by atoms with Crippen molar-refractivity contribution in [3.63, 3.8) is 0 Å². The van der Waals surface area contributed by atoms with E-state index >= 15 is 0 Å². The first-order valence-electron chi connectivity index (χ1n) is 4.70. The number of fused-ring (bicyclic) bond motifs is 1. The van der Waals surface area contributed by atoms with Crippen molar-refractivity contribution in [2.75, 3.05) is 0 Å². The van der Waals surface area contributed by atoms with E-state index in [1.807, 2.05) is 13.0 Å². The SMILES string of the molecule is Cc1cc2nnc(C(N)C(C)O)n2cn1. The molecular formula is C9H13N5O. The highest BCUT2D eigenvalue weighted by Crippen LogP contribution is 2.13. The average molecular weight is 207 g/mol. The van der Waals surface area contributed by atoms with Crippen LogP contribution in [0.25, 0.3) is 5.65 Å². The van der Waals surface area contributed by atoms with E-state index < -0.39 is 12.1 Å². The van der Waals surface area contributed by atoms with Gasteiger partial charge in [-0.2, -0.15) is 0 Å². The lowest BCUT2D eigenvalue weighted by Gasteiger charge is -2.11. The number of nitrogens with two attached hydrogens (primary N) is 1. The Morgan fingerprint density at radius 2 is 2.20 bits per heavy atom. The number of aliphatic hydroxyl groups excluding tert-OH is 1. The molecule has 2 unspecified atom stereocenters. The number of rotatable bonds is 2. The first-order valence-corrected chi connectivity index (χ1v) is 4.70. The van der Waals surface area contributed by atoms with Gasteiger partial charge in [0.15, 0.2) is 11.5 Å². The van der Waals surface area contributed by atoms with E-state index in [4.69, 9.17) is 5.73 Å². The predicted octanol–water partition coefficient (Wildman–Crippen LogP) is -0.187. The van der Waals surface area contributed by atoms with Crippen molar-refractivity contribution in [2.45, 2.75) is 26.0 Å². The van der Waals surface area contributed by atoms with Crippen LogP contribution in [0.15, 0.2) is 12.4 Å². The highest BCUT2D eigenvalue weighted by Gasteiger charge is 2.18. The fourth-order valence-electron chi connectivity index (χ4n) is 1.35. The van der Waals surface area contributed by atoms with E-state index in [1.54, 1.807) is 17.7 Å². The fraction of sp³-hybridized carbons (Fsp3) is 0.444. The third-order valence-electron chi connectivity index (χ3n) is 2.28. The summed E-state index contributed by atoms with van der Waals surface area (Å²) in [5.41, 5.74) is 7.34. The summed E-state index contributed by atoms with van der Waals surface area (Å²) in [5, 5.41) is 17.3. The molecule has 6 heteroatoms. The molecule has 15 heavy (non-hydrogen) atoms. The molecule has 2 aromatic rings. The molecule has 0 aliphatic carbocycles. The van der Waals surface area contributed by atoms with Crippen LogP contribution in [-0.4, -0.2) is 30.8 Å². The topological polar surface area (TPSA) is 89.3 Å². The van der Waals surface area contributed by atoms with Crippen LogP contribution in [0, 0.1) is 6.92 Å². The molecule has 80 valence electrons. The zero-order valence-corrected chi connectivity index (χ0v) is 8.62. The molecule has 0 fully saturated rings. The molecule has 0 aromatic carbocycles. The molecule has 0 amide bonds. The number of nitrogens with zero attached hydrogens (tertiary/aromatic N) is 4. The molecule has 2 rings (SSSR count). The van der Waals surface area contributed by atoms with Gasteiger partial charge in [-0.3, -0.25) is 4.40 Å². The summed E-state index contributed by atoms with van der Waals surface area (Å²) in [7, 11) is 0. The van der Waals surface area contributed by atoms with Gasteiger partial charge in [-0.05, 0) is 13.8 Å². The standard InChI is InChI=1S/C9H13N5O/c1-5-3-7-12-13-9(8(10)6(2)15)14(7)4-11-5/h3-4,6,8,15H,10H2,1-2H3. The Labute approximate surface area is 86.8 Å². The summed E-state index contributed by atoms with van der Waals surface area (Å²) in [6.45, 7) is 3.50. The number of hydrogen-bond donors (Lipinski definition) is 2. The van der Waals surface area contributed by atoms with Crippen LogP contribution in [0.3, 0.4) is 0 Å². The van der Waals surface area contributed by atoms with Gasteiger partial charge in [0.05, 0.1) is 12.1 Å². The van der Waals surface area contributed by atoms with Crippen LogP contribution >= 0.6 is 0 Å². The van der Waals surface area contributed by atoms with Crippen LogP contribution < -0.4 is 5.73 Å². The molecule has 6 nitrogen and oxygen atoms in total. The van der Waals surface area contributed by atoms with Crippen LogP contribution in [0.1, 0.15) is 24.5 Å². The quantitative estimate of drug-likeness (QED) is 0.712. The predicted molar refractivity (Wildman–Crippen MR) is 54.1 cm³/mol. The van der Waals surface area contributed by atoms with E-state index in [0.717, 1.165) is 5.69 Å². The number of aliphatic hydroxyl groups is 1. The third-order valence-corrected chi connectivity index (χ3v) is 2.28. The van der Waals surface area contributed by atoms with Crippen molar-refractivity contribution in [2.24, 2.45) is 5.73 Å². The second-order valence-corrected chi connectivity index (χ2v) is 3.58. The van der Waals surface area contributed by atoms with Crippen molar-refractivity contribution >= 4 is 5.65 Å². The summed E-state index contributed by atoms with van der Waals surface area (Å²) in [6, 6.07) is 1.26. The minimum atomic E-state index is -0.668. The Balaban J connectivity index is 2.54. The minimum Gasteiger partial charge on any atom is -0.391 e. The van der Waals surface area contributed by atoms with Gasteiger partial charge in [-0.15, -0.1) is 10.2 Å². The Morgan fingerprint density at radius 3 is 2.87 bits per heavy atom. The van der Waals surface area contributed by atoms with Gasteiger partial charge in [-0.25, -0.2) is 4.98 Å². The van der Waals surface area contributed by atoms with Gasteiger partial charge in [-0.1, -0.05) is 0 Å². The summed E-state index contributed by atoms with van der Waals surface area (Å²) in [6.07, 6.45) is 0.945. The molecule has 0 radical (unpaired) electrons. The monoisotopic (exact) mass is 207 g/mol. The number of hydrogen-bond acceptors (Lipinski definition) is 5. The Kier molecular flexibility index (Phi) is 2.37. The Bertz CT molecular complexity index is 478. The number of aromatic nitrogens is 4. The van der Waals surface area contributed by atoms with Crippen molar-refractivity contribution in [1.29, 1.82) is 0 Å². The fourth-order valence-corrected chi connectivity index (χ4v) is 1.35. The van der Waals surface area contributed by atoms with Gasteiger partial charge in [0, 0.05) is 11.8 Å². The largest absolute Gasteiger partial charge is 0.391 e. The summed E-state index contributed by atoms with van der Waals surface area (Å²) >= 11 is 0. The van der Waals surface area contributed by atoms with E-state index in [1.165, 1.54) is 0 Å². The maximum absolute atomic E-state index is 9.38. The van der Waals surface area contributed by atoms with Gasteiger partial charge in [0.1, 0.15) is 6.33 Å². The molecule has 0 saturated heterocycles. The normalized spacial score (nSPS) is 15.5. The molecule has 2 atom stereocenters. The highest BCUT2D eigenvalue weighted by atomic mass is 16.3. The lowest BCUT2D eigenvalue weighted by atomic mass is 10.2. The first kappa shape index (κ1) is 10.0. The molecule has 2 aromatic heterocycles. The van der Waals surface area contributed by atoms with Crippen LogP contribution in [0.4, 0.5) is 0 Å². The maximum Gasteiger partial charge on any atom is 0.163 e. The zero-order valence-electron chi connectivity index (χ0n) is 8.62. The summed E-state index contributed by atoms with van der Waals surface area (Å²) < 4.78 is 1.68. The van der Waals surface area contributed by atoms with E-state index in [-0.39, 0.29) is 0 Å². The lowest BCUT2D eigenvalue weighted by molar-refractivity contribution is 0.160. The average Bonchev–Trinajstić information content (AvgIpc) is 2.59. The molecule has 3 N–H and O–H groups in total. The molecule has 0 aliphatic rings. The van der Waals surface area contributed by atoms with Crippen LogP contribution in [0.2, 0.25) is 0 Å². The van der Waals surface area contributed by atoms with E-state index in [2.05, 4.69) is 15.2 Å². The third kappa shape index (κ3) is 1.69.